The fourth-order valence-corrected chi connectivity index (χ4v) is 5.49. The molecule has 0 radical (unpaired) electrons. The van der Waals surface area contributed by atoms with Gasteiger partial charge in [0.2, 0.25) is 9.84 Å². The molecule has 4 rings (SSSR count). The van der Waals surface area contributed by atoms with E-state index in [2.05, 4.69) is 0 Å². The van der Waals surface area contributed by atoms with E-state index in [1.54, 1.807) is 23.1 Å². The van der Waals surface area contributed by atoms with Crippen molar-refractivity contribution in [3.63, 3.8) is 0 Å². The second kappa shape index (κ2) is 7.92. The predicted octanol–water partition coefficient (Wildman–Crippen LogP) is 4.27. The van der Waals surface area contributed by atoms with Gasteiger partial charge in [0.05, 0.1) is 22.7 Å². The lowest BCUT2D eigenvalue weighted by Gasteiger charge is -2.32. The molecule has 2 heterocycles. The summed E-state index contributed by atoms with van der Waals surface area (Å²) in [5.41, 5.74) is 0.595. The first-order valence-electron chi connectivity index (χ1n) is 9.51. The zero-order valence-electron chi connectivity index (χ0n) is 16.3. The Kier molecular flexibility index (Phi) is 5.46. The molecule has 0 bridgehead atoms. The van der Waals surface area contributed by atoms with Gasteiger partial charge in [0, 0.05) is 25.0 Å². The summed E-state index contributed by atoms with van der Waals surface area (Å²) in [6.07, 6.45) is 3.93. The standard InChI is InChI=1S/C21H20ClFN2O4S/c1-29-18-7-6-15(12-16(18)22)25-13-20(21(26)24-9-3-2-4-10-24)30(27,28)19-8-5-14(23)11-17(19)25/h5-8,11-13H,2-4,9-10H2,1H3. The normalized spacial score (nSPS) is 17.9. The molecule has 0 saturated carbocycles. The highest BCUT2D eigenvalue weighted by Crippen LogP contribution is 2.42. The molecule has 158 valence electrons. The molecule has 2 aliphatic heterocycles. The Balaban J connectivity index is 1.87. The van der Waals surface area contributed by atoms with E-state index in [0.29, 0.717) is 29.5 Å². The molecule has 2 aromatic rings. The Morgan fingerprint density at radius 3 is 2.50 bits per heavy atom. The lowest BCUT2D eigenvalue weighted by Crippen LogP contribution is -2.39. The zero-order chi connectivity index (χ0) is 21.5. The number of fused-ring (bicyclic) bond motifs is 1. The molecule has 0 aromatic heterocycles. The number of methoxy groups -OCH3 is 1. The summed E-state index contributed by atoms with van der Waals surface area (Å²) in [5.74, 6) is -0.694. The van der Waals surface area contributed by atoms with Gasteiger partial charge in [-0.2, -0.15) is 0 Å². The lowest BCUT2D eigenvalue weighted by molar-refractivity contribution is -0.127. The van der Waals surface area contributed by atoms with Crippen LogP contribution in [-0.4, -0.2) is 39.4 Å². The number of carbonyl (C=O) groups is 1. The number of nitrogens with zero attached hydrogens (tertiary/aromatic N) is 2. The SMILES string of the molecule is COc1ccc(N2C=C(C(=O)N3CCCCC3)S(=O)(=O)c3ccc(F)cc32)cc1Cl. The highest BCUT2D eigenvalue weighted by molar-refractivity contribution is 7.96. The monoisotopic (exact) mass is 450 g/mol. The highest BCUT2D eigenvalue weighted by Gasteiger charge is 2.38. The van der Waals surface area contributed by atoms with Gasteiger partial charge in [-0.15, -0.1) is 0 Å². The van der Waals surface area contributed by atoms with Crippen molar-refractivity contribution in [2.75, 3.05) is 25.1 Å². The van der Waals surface area contributed by atoms with Gasteiger partial charge in [0.1, 0.15) is 11.6 Å². The van der Waals surface area contributed by atoms with Crippen molar-refractivity contribution in [2.45, 2.75) is 24.2 Å². The van der Waals surface area contributed by atoms with Gasteiger partial charge in [-0.05, 0) is 55.7 Å². The van der Waals surface area contributed by atoms with Crippen molar-refractivity contribution in [1.29, 1.82) is 0 Å². The second-order valence-electron chi connectivity index (χ2n) is 7.15. The summed E-state index contributed by atoms with van der Waals surface area (Å²) in [7, 11) is -2.63. The van der Waals surface area contributed by atoms with E-state index in [9.17, 15) is 17.6 Å². The van der Waals surface area contributed by atoms with Crippen molar-refractivity contribution < 1.29 is 22.3 Å². The van der Waals surface area contributed by atoms with Crippen molar-refractivity contribution in [3.05, 3.63) is 58.3 Å². The number of anilines is 2. The van der Waals surface area contributed by atoms with Gasteiger partial charge in [0.25, 0.3) is 5.91 Å². The molecule has 30 heavy (non-hydrogen) atoms. The fraction of sp³-hybridized carbons (Fsp3) is 0.286. The van der Waals surface area contributed by atoms with Crippen LogP contribution in [0.2, 0.25) is 5.02 Å². The third-order valence-corrected chi connectivity index (χ3v) is 7.35. The number of rotatable bonds is 3. The summed E-state index contributed by atoms with van der Waals surface area (Å²) < 4.78 is 45.6. The van der Waals surface area contributed by atoms with Crippen LogP contribution >= 0.6 is 11.6 Å². The maximum Gasteiger partial charge on any atom is 0.267 e. The number of sulfone groups is 1. The van der Waals surface area contributed by atoms with Gasteiger partial charge < -0.3 is 14.5 Å². The van der Waals surface area contributed by atoms with E-state index >= 15 is 0 Å². The number of likely N-dealkylation sites (tertiary alicyclic amines) is 1. The van der Waals surface area contributed by atoms with E-state index in [4.69, 9.17) is 16.3 Å². The first kappa shape index (κ1) is 20.7. The summed E-state index contributed by atoms with van der Waals surface area (Å²) in [5, 5.41) is 0.304. The van der Waals surface area contributed by atoms with Crippen molar-refractivity contribution in [1.82, 2.24) is 4.90 Å². The summed E-state index contributed by atoms with van der Waals surface area (Å²) in [6, 6.07) is 8.26. The average molecular weight is 451 g/mol. The molecule has 1 amide bonds. The van der Waals surface area contributed by atoms with Crippen LogP contribution < -0.4 is 9.64 Å². The molecule has 0 N–H and O–H groups in total. The molecule has 1 fully saturated rings. The van der Waals surface area contributed by atoms with E-state index in [0.717, 1.165) is 31.4 Å². The number of hydrogen-bond donors (Lipinski definition) is 0. The number of ether oxygens (including phenoxy) is 1. The molecule has 2 aromatic carbocycles. The molecular weight excluding hydrogens is 431 g/mol. The van der Waals surface area contributed by atoms with Crippen LogP contribution in [0.5, 0.6) is 5.75 Å². The third kappa shape index (κ3) is 3.54. The molecule has 0 unspecified atom stereocenters. The van der Waals surface area contributed by atoms with Gasteiger partial charge in [-0.3, -0.25) is 4.79 Å². The van der Waals surface area contributed by atoms with Crippen LogP contribution in [0.3, 0.4) is 0 Å². The Bertz CT molecular complexity index is 1140. The van der Waals surface area contributed by atoms with Gasteiger partial charge in [0.15, 0.2) is 4.91 Å². The maximum atomic E-state index is 14.0. The molecule has 0 aliphatic carbocycles. The number of piperidine rings is 1. The van der Waals surface area contributed by atoms with E-state index in [1.807, 2.05) is 0 Å². The molecular formula is C21H20ClFN2O4S. The second-order valence-corrected chi connectivity index (χ2v) is 9.44. The average Bonchev–Trinajstić information content (AvgIpc) is 2.73. The summed E-state index contributed by atoms with van der Waals surface area (Å²) in [6.45, 7) is 1.02. The van der Waals surface area contributed by atoms with Crippen molar-refractivity contribution in [2.24, 2.45) is 0 Å². The molecule has 6 nitrogen and oxygen atoms in total. The Labute approximate surface area is 179 Å². The Morgan fingerprint density at radius 2 is 1.83 bits per heavy atom. The summed E-state index contributed by atoms with van der Waals surface area (Å²) in [4.78, 5) is 15.7. The van der Waals surface area contributed by atoms with Crippen LogP contribution in [-0.2, 0) is 14.6 Å². The van der Waals surface area contributed by atoms with Crippen LogP contribution in [0.15, 0.2) is 52.4 Å². The topological polar surface area (TPSA) is 66.9 Å². The smallest absolute Gasteiger partial charge is 0.267 e. The van der Waals surface area contributed by atoms with Gasteiger partial charge >= 0.3 is 0 Å². The van der Waals surface area contributed by atoms with Crippen molar-refractivity contribution >= 4 is 38.7 Å². The molecule has 2 aliphatic rings. The number of carbonyl (C=O) groups excluding carboxylic acids is 1. The minimum Gasteiger partial charge on any atom is -0.495 e. The van der Waals surface area contributed by atoms with Crippen LogP contribution in [0.1, 0.15) is 19.3 Å². The van der Waals surface area contributed by atoms with Crippen LogP contribution in [0, 0.1) is 5.82 Å². The van der Waals surface area contributed by atoms with E-state index in [1.165, 1.54) is 24.3 Å². The minimum atomic E-state index is -4.11. The fourth-order valence-electron chi connectivity index (χ4n) is 3.72. The summed E-state index contributed by atoms with van der Waals surface area (Å²) >= 11 is 6.24. The quantitative estimate of drug-likeness (QED) is 0.653. The largest absolute Gasteiger partial charge is 0.495 e. The molecule has 0 spiro atoms. The first-order chi connectivity index (χ1) is 14.3. The predicted molar refractivity (Wildman–Crippen MR) is 112 cm³/mol. The minimum absolute atomic E-state index is 0.117. The number of halogens is 2. The van der Waals surface area contributed by atoms with Crippen LogP contribution in [0.4, 0.5) is 15.8 Å². The molecule has 1 saturated heterocycles. The molecule has 0 atom stereocenters. The number of benzene rings is 2. The highest BCUT2D eigenvalue weighted by atomic mass is 35.5. The zero-order valence-corrected chi connectivity index (χ0v) is 17.8. The Morgan fingerprint density at radius 1 is 1.10 bits per heavy atom. The van der Waals surface area contributed by atoms with Gasteiger partial charge in [-0.1, -0.05) is 11.6 Å². The lowest BCUT2D eigenvalue weighted by atomic mass is 10.1. The number of hydrogen-bond acceptors (Lipinski definition) is 5. The van der Waals surface area contributed by atoms with Crippen molar-refractivity contribution in [3.8, 4) is 5.75 Å². The van der Waals surface area contributed by atoms with E-state index < -0.39 is 21.6 Å². The first-order valence-corrected chi connectivity index (χ1v) is 11.4. The molecule has 9 heteroatoms. The third-order valence-electron chi connectivity index (χ3n) is 5.27. The van der Waals surface area contributed by atoms with Crippen LogP contribution in [0.25, 0.3) is 0 Å². The Hall–Kier alpha value is -2.58. The van der Waals surface area contributed by atoms with E-state index in [-0.39, 0.29) is 15.5 Å². The number of amides is 1. The van der Waals surface area contributed by atoms with Gasteiger partial charge in [-0.25, -0.2) is 12.8 Å². The maximum absolute atomic E-state index is 14.0.